The number of nitrogens with zero attached hydrogens (tertiary/aromatic N) is 4. The molecule has 1 fully saturated rings. The SMILES string of the molecule is Cc1cccc(Nc2cc(C(=O)N3CCN(C=O)CC3)ncn2)c1. The molecule has 7 heteroatoms. The topological polar surface area (TPSA) is 78.4 Å². The molecule has 2 heterocycles. The molecular formula is C17H19N5O2. The maximum Gasteiger partial charge on any atom is 0.272 e. The number of hydrogen-bond donors (Lipinski definition) is 1. The van der Waals surface area contributed by atoms with Gasteiger partial charge in [-0.2, -0.15) is 0 Å². The molecular weight excluding hydrogens is 306 g/mol. The number of benzene rings is 1. The van der Waals surface area contributed by atoms with Crippen molar-refractivity contribution < 1.29 is 9.59 Å². The van der Waals surface area contributed by atoms with E-state index in [9.17, 15) is 9.59 Å². The molecule has 0 saturated carbocycles. The standard InChI is InChI=1S/C17H19N5O2/c1-13-3-2-4-14(9-13)20-16-10-15(18-11-19-16)17(24)22-7-5-21(12-23)6-8-22/h2-4,9-12H,5-8H2,1H3,(H,18,19,20). The van der Waals surface area contributed by atoms with Crippen molar-refractivity contribution in [3.05, 3.63) is 47.9 Å². The zero-order valence-corrected chi connectivity index (χ0v) is 13.5. The van der Waals surface area contributed by atoms with Crippen molar-refractivity contribution in [1.82, 2.24) is 19.8 Å². The van der Waals surface area contributed by atoms with Gasteiger partial charge in [-0.3, -0.25) is 9.59 Å². The number of rotatable bonds is 4. The molecule has 1 aromatic carbocycles. The molecule has 0 bridgehead atoms. The van der Waals surface area contributed by atoms with Gasteiger partial charge in [0.05, 0.1) is 0 Å². The highest BCUT2D eigenvalue weighted by atomic mass is 16.2. The Hall–Kier alpha value is -2.96. The number of aryl methyl sites for hydroxylation is 1. The zero-order valence-electron chi connectivity index (χ0n) is 13.5. The van der Waals surface area contributed by atoms with E-state index in [1.807, 2.05) is 31.2 Å². The number of piperazine rings is 1. The minimum absolute atomic E-state index is 0.143. The molecule has 0 unspecified atom stereocenters. The fourth-order valence-electron chi connectivity index (χ4n) is 2.61. The first-order valence-corrected chi connectivity index (χ1v) is 7.80. The molecule has 1 aliphatic heterocycles. The molecule has 0 aliphatic carbocycles. The van der Waals surface area contributed by atoms with Gasteiger partial charge in [-0.05, 0) is 24.6 Å². The van der Waals surface area contributed by atoms with Crippen molar-refractivity contribution in [3.8, 4) is 0 Å². The Morgan fingerprint density at radius 3 is 2.67 bits per heavy atom. The Labute approximate surface area is 140 Å². The maximum absolute atomic E-state index is 12.6. The molecule has 0 atom stereocenters. The van der Waals surface area contributed by atoms with Crippen LogP contribution in [0.1, 0.15) is 16.1 Å². The van der Waals surface area contributed by atoms with E-state index in [0.717, 1.165) is 17.7 Å². The Balaban J connectivity index is 1.71. The third-order valence-corrected chi connectivity index (χ3v) is 3.93. The van der Waals surface area contributed by atoms with Gasteiger partial charge in [-0.15, -0.1) is 0 Å². The monoisotopic (exact) mass is 325 g/mol. The van der Waals surface area contributed by atoms with E-state index in [4.69, 9.17) is 0 Å². The van der Waals surface area contributed by atoms with E-state index in [2.05, 4.69) is 15.3 Å². The van der Waals surface area contributed by atoms with Crippen LogP contribution in [0.15, 0.2) is 36.7 Å². The van der Waals surface area contributed by atoms with Crippen LogP contribution in [0, 0.1) is 6.92 Å². The molecule has 124 valence electrons. The Kier molecular flexibility index (Phi) is 4.69. The van der Waals surface area contributed by atoms with Gasteiger partial charge >= 0.3 is 0 Å². The molecule has 1 saturated heterocycles. The zero-order chi connectivity index (χ0) is 16.9. The van der Waals surface area contributed by atoms with Gasteiger partial charge in [0, 0.05) is 37.9 Å². The third-order valence-electron chi connectivity index (χ3n) is 3.93. The predicted molar refractivity (Wildman–Crippen MR) is 90.0 cm³/mol. The lowest BCUT2D eigenvalue weighted by molar-refractivity contribution is -0.119. The first-order valence-electron chi connectivity index (χ1n) is 7.80. The fraction of sp³-hybridized carbons (Fsp3) is 0.294. The van der Waals surface area contributed by atoms with E-state index >= 15 is 0 Å². The normalized spacial score (nSPS) is 14.4. The quantitative estimate of drug-likeness (QED) is 0.861. The van der Waals surface area contributed by atoms with E-state index in [1.54, 1.807) is 15.9 Å². The second-order valence-electron chi connectivity index (χ2n) is 5.72. The highest BCUT2D eigenvalue weighted by Gasteiger charge is 2.22. The van der Waals surface area contributed by atoms with Crippen molar-refractivity contribution >= 4 is 23.8 Å². The summed E-state index contributed by atoms with van der Waals surface area (Å²) in [5, 5.41) is 3.18. The average molecular weight is 325 g/mol. The van der Waals surface area contributed by atoms with Crippen LogP contribution in [0.4, 0.5) is 11.5 Å². The summed E-state index contributed by atoms with van der Waals surface area (Å²) in [6, 6.07) is 9.56. The van der Waals surface area contributed by atoms with E-state index in [1.165, 1.54) is 6.33 Å². The van der Waals surface area contributed by atoms with Gasteiger partial charge in [-0.1, -0.05) is 12.1 Å². The molecule has 0 spiro atoms. The molecule has 2 aromatic rings. The van der Waals surface area contributed by atoms with Gasteiger partial charge < -0.3 is 15.1 Å². The summed E-state index contributed by atoms with van der Waals surface area (Å²) in [6.45, 7) is 4.15. The lowest BCUT2D eigenvalue weighted by Crippen LogP contribution is -2.48. The molecule has 1 N–H and O–H groups in total. The summed E-state index contributed by atoms with van der Waals surface area (Å²) in [4.78, 5) is 34.9. The summed E-state index contributed by atoms with van der Waals surface area (Å²) in [5.41, 5.74) is 2.39. The minimum atomic E-state index is -0.143. The van der Waals surface area contributed by atoms with Crippen molar-refractivity contribution in [2.45, 2.75) is 6.92 Å². The van der Waals surface area contributed by atoms with Crippen molar-refractivity contribution in [2.75, 3.05) is 31.5 Å². The number of hydrogen-bond acceptors (Lipinski definition) is 5. The summed E-state index contributed by atoms with van der Waals surface area (Å²) < 4.78 is 0. The predicted octanol–water partition coefficient (Wildman–Crippen LogP) is 1.44. The molecule has 2 amide bonds. The van der Waals surface area contributed by atoms with Crippen LogP contribution in [0.2, 0.25) is 0 Å². The van der Waals surface area contributed by atoms with Gasteiger partial charge in [0.15, 0.2) is 0 Å². The minimum Gasteiger partial charge on any atom is -0.342 e. The summed E-state index contributed by atoms with van der Waals surface area (Å²) >= 11 is 0. The van der Waals surface area contributed by atoms with Crippen LogP contribution in [-0.4, -0.2) is 58.3 Å². The van der Waals surface area contributed by atoms with Crippen LogP contribution in [0.3, 0.4) is 0 Å². The van der Waals surface area contributed by atoms with Gasteiger partial charge in [-0.25, -0.2) is 9.97 Å². The molecule has 1 aliphatic rings. The first-order chi connectivity index (χ1) is 11.7. The number of carbonyl (C=O) groups is 2. The molecule has 24 heavy (non-hydrogen) atoms. The number of nitrogens with one attached hydrogen (secondary N) is 1. The average Bonchev–Trinajstić information content (AvgIpc) is 2.61. The second kappa shape index (κ2) is 7.08. The van der Waals surface area contributed by atoms with Crippen molar-refractivity contribution in [1.29, 1.82) is 0 Å². The summed E-state index contributed by atoms with van der Waals surface area (Å²) in [5.74, 6) is 0.431. The third kappa shape index (κ3) is 3.68. The van der Waals surface area contributed by atoms with Gasteiger partial charge in [0.1, 0.15) is 17.8 Å². The Bertz CT molecular complexity index is 741. The van der Waals surface area contributed by atoms with Crippen LogP contribution in [0.5, 0.6) is 0 Å². The lowest BCUT2D eigenvalue weighted by atomic mass is 10.2. The van der Waals surface area contributed by atoms with E-state index in [-0.39, 0.29) is 5.91 Å². The Morgan fingerprint density at radius 1 is 1.17 bits per heavy atom. The number of carbonyl (C=O) groups excluding carboxylic acids is 2. The van der Waals surface area contributed by atoms with Crippen LogP contribution in [-0.2, 0) is 4.79 Å². The molecule has 7 nitrogen and oxygen atoms in total. The largest absolute Gasteiger partial charge is 0.342 e. The molecule has 1 aromatic heterocycles. The highest BCUT2D eigenvalue weighted by molar-refractivity contribution is 5.93. The van der Waals surface area contributed by atoms with E-state index in [0.29, 0.717) is 37.7 Å². The van der Waals surface area contributed by atoms with Crippen molar-refractivity contribution in [3.63, 3.8) is 0 Å². The summed E-state index contributed by atoms with van der Waals surface area (Å²) in [6.07, 6.45) is 2.20. The fourth-order valence-corrected chi connectivity index (χ4v) is 2.61. The van der Waals surface area contributed by atoms with Crippen LogP contribution in [0.25, 0.3) is 0 Å². The van der Waals surface area contributed by atoms with Crippen LogP contribution >= 0.6 is 0 Å². The van der Waals surface area contributed by atoms with Crippen LogP contribution < -0.4 is 5.32 Å². The molecule has 3 rings (SSSR count). The molecule has 0 radical (unpaired) electrons. The smallest absolute Gasteiger partial charge is 0.272 e. The van der Waals surface area contributed by atoms with Gasteiger partial charge in [0.2, 0.25) is 6.41 Å². The lowest BCUT2D eigenvalue weighted by Gasteiger charge is -2.32. The van der Waals surface area contributed by atoms with E-state index < -0.39 is 0 Å². The Morgan fingerprint density at radius 2 is 1.96 bits per heavy atom. The highest BCUT2D eigenvalue weighted by Crippen LogP contribution is 2.16. The number of anilines is 2. The van der Waals surface area contributed by atoms with Crippen molar-refractivity contribution in [2.24, 2.45) is 0 Å². The number of aromatic nitrogens is 2. The maximum atomic E-state index is 12.6. The first kappa shape index (κ1) is 15.9. The number of amides is 2. The second-order valence-corrected chi connectivity index (χ2v) is 5.72. The van der Waals surface area contributed by atoms with Gasteiger partial charge in [0.25, 0.3) is 5.91 Å². The summed E-state index contributed by atoms with van der Waals surface area (Å²) in [7, 11) is 0.